The topological polar surface area (TPSA) is 72.3 Å². The van der Waals surface area contributed by atoms with Gasteiger partial charge in [0.1, 0.15) is 0 Å². The first-order valence-corrected chi connectivity index (χ1v) is 9.99. The molecular weight excluding hydrogens is 309 g/mol. The summed E-state index contributed by atoms with van der Waals surface area (Å²) in [5.41, 5.74) is 0. The molecular formula is C20H44NNaO2. The van der Waals surface area contributed by atoms with E-state index in [0.717, 1.165) is 12.8 Å². The van der Waals surface area contributed by atoms with Gasteiger partial charge in [-0.3, -0.25) is 4.79 Å². The Hall–Kier alpha value is 0.430. The van der Waals surface area contributed by atoms with Crippen molar-refractivity contribution in [1.82, 2.24) is 6.15 Å². The molecule has 0 aliphatic carbocycles. The van der Waals surface area contributed by atoms with E-state index in [2.05, 4.69) is 6.92 Å². The van der Waals surface area contributed by atoms with Crippen molar-refractivity contribution in [2.45, 2.75) is 122 Å². The molecule has 3 nitrogen and oxygen atoms in total. The molecule has 4 heteroatoms. The predicted octanol–water partition coefficient (Wildman–Crippen LogP) is 4.39. The second-order valence-corrected chi connectivity index (χ2v) is 6.80. The van der Waals surface area contributed by atoms with Crippen molar-refractivity contribution < 1.29 is 40.9 Å². The SMILES string of the molecule is CCCCCCCCCCCCCCCCCCCC(=O)O.N.[H-].[Na+]. The second kappa shape index (κ2) is 25.7. The van der Waals surface area contributed by atoms with E-state index in [0.29, 0.717) is 6.42 Å². The number of carboxylic acid groups (broad SMARTS) is 1. The average molecular weight is 354 g/mol. The Morgan fingerprint density at radius 3 is 1.12 bits per heavy atom. The van der Waals surface area contributed by atoms with Crippen LogP contribution in [-0.2, 0) is 4.79 Å². The summed E-state index contributed by atoms with van der Waals surface area (Å²) < 4.78 is 0. The number of carboxylic acids is 1. The molecule has 0 atom stereocenters. The van der Waals surface area contributed by atoms with E-state index in [4.69, 9.17) is 5.11 Å². The Labute approximate surface area is 175 Å². The summed E-state index contributed by atoms with van der Waals surface area (Å²) in [5, 5.41) is 8.54. The van der Waals surface area contributed by atoms with Gasteiger partial charge in [-0.15, -0.1) is 0 Å². The van der Waals surface area contributed by atoms with Crippen LogP contribution in [-0.4, -0.2) is 11.1 Å². The molecule has 0 heterocycles. The van der Waals surface area contributed by atoms with E-state index in [1.165, 1.54) is 96.3 Å². The van der Waals surface area contributed by atoms with E-state index in [1.807, 2.05) is 0 Å². The molecule has 0 aromatic heterocycles. The van der Waals surface area contributed by atoms with Gasteiger partial charge in [-0.05, 0) is 6.42 Å². The molecule has 0 aliphatic heterocycles. The van der Waals surface area contributed by atoms with Crippen molar-refractivity contribution in [3.05, 3.63) is 0 Å². The zero-order valence-corrected chi connectivity index (χ0v) is 18.8. The third-order valence-corrected chi connectivity index (χ3v) is 4.49. The Balaban J connectivity index is -0.000000735. The number of carbonyl (C=O) groups is 1. The minimum Gasteiger partial charge on any atom is -1.00 e. The van der Waals surface area contributed by atoms with E-state index < -0.39 is 5.97 Å². The normalized spacial score (nSPS) is 10.0. The molecule has 0 aromatic rings. The van der Waals surface area contributed by atoms with E-state index in [-0.39, 0.29) is 37.1 Å². The molecule has 142 valence electrons. The van der Waals surface area contributed by atoms with Crippen LogP contribution in [0.3, 0.4) is 0 Å². The van der Waals surface area contributed by atoms with Gasteiger partial charge in [-0.2, -0.15) is 0 Å². The van der Waals surface area contributed by atoms with Gasteiger partial charge >= 0.3 is 35.5 Å². The van der Waals surface area contributed by atoms with Crippen LogP contribution in [0.2, 0.25) is 0 Å². The molecule has 0 aliphatic rings. The van der Waals surface area contributed by atoms with Gasteiger partial charge in [0, 0.05) is 6.42 Å². The van der Waals surface area contributed by atoms with Crippen molar-refractivity contribution >= 4 is 5.97 Å². The maximum atomic E-state index is 10.4. The average Bonchev–Trinajstić information content (AvgIpc) is 2.50. The van der Waals surface area contributed by atoms with Gasteiger partial charge < -0.3 is 12.7 Å². The number of hydrogen-bond donors (Lipinski definition) is 2. The van der Waals surface area contributed by atoms with Crippen LogP contribution in [0.15, 0.2) is 0 Å². The van der Waals surface area contributed by atoms with Gasteiger partial charge in [0.25, 0.3) is 0 Å². The van der Waals surface area contributed by atoms with Crippen LogP contribution in [0.4, 0.5) is 0 Å². The summed E-state index contributed by atoms with van der Waals surface area (Å²) in [7, 11) is 0. The maximum Gasteiger partial charge on any atom is 1.00 e. The number of rotatable bonds is 18. The molecule has 0 amide bonds. The molecule has 0 saturated carbocycles. The van der Waals surface area contributed by atoms with Crippen molar-refractivity contribution in [2.75, 3.05) is 0 Å². The Bertz CT molecular complexity index is 244. The Kier molecular flexibility index (Phi) is 31.2. The summed E-state index contributed by atoms with van der Waals surface area (Å²) in [4.78, 5) is 10.4. The summed E-state index contributed by atoms with van der Waals surface area (Å²) in [6.07, 6.45) is 23.1. The molecule has 0 spiro atoms. The minimum atomic E-state index is -0.652. The molecule has 0 rings (SSSR count). The van der Waals surface area contributed by atoms with E-state index in [1.54, 1.807) is 0 Å². The van der Waals surface area contributed by atoms with Crippen LogP contribution < -0.4 is 35.7 Å². The zero-order chi connectivity index (χ0) is 16.3. The van der Waals surface area contributed by atoms with Crippen LogP contribution in [0.25, 0.3) is 0 Å². The third kappa shape index (κ3) is 27.3. The number of unbranched alkanes of at least 4 members (excludes halogenated alkanes) is 16. The second-order valence-electron chi connectivity index (χ2n) is 6.80. The summed E-state index contributed by atoms with van der Waals surface area (Å²) in [6, 6.07) is 0. The largest absolute Gasteiger partial charge is 1.00 e. The predicted molar refractivity (Wildman–Crippen MR) is 103 cm³/mol. The van der Waals surface area contributed by atoms with Crippen LogP contribution in [0.1, 0.15) is 124 Å². The minimum absolute atomic E-state index is 0. The van der Waals surface area contributed by atoms with Crippen LogP contribution in [0.5, 0.6) is 0 Å². The third-order valence-electron chi connectivity index (χ3n) is 4.49. The van der Waals surface area contributed by atoms with Crippen molar-refractivity contribution in [2.24, 2.45) is 0 Å². The Morgan fingerprint density at radius 1 is 0.625 bits per heavy atom. The summed E-state index contributed by atoms with van der Waals surface area (Å²) in [6.45, 7) is 2.28. The van der Waals surface area contributed by atoms with Gasteiger partial charge in [0.15, 0.2) is 0 Å². The Morgan fingerprint density at radius 2 is 0.875 bits per heavy atom. The fourth-order valence-corrected chi connectivity index (χ4v) is 3.00. The molecule has 0 bridgehead atoms. The van der Waals surface area contributed by atoms with Gasteiger partial charge in [-0.25, -0.2) is 0 Å². The number of hydrogen-bond acceptors (Lipinski definition) is 2. The van der Waals surface area contributed by atoms with E-state index in [9.17, 15) is 4.79 Å². The van der Waals surface area contributed by atoms with Crippen molar-refractivity contribution in [1.29, 1.82) is 0 Å². The summed E-state index contributed by atoms with van der Waals surface area (Å²) >= 11 is 0. The van der Waals surface area contributed by atoms with Crippen molar-refractivity contribution in [3.63, 3.8) is 0 Å². The first-order valence-electron chi connectivity index (χ1n) is 9.99. The van der Waals surface area contributed by atoms with Gasteiger partial charge in [0.2, 0.25) is 0 Å². The first-order chi connectivity index (χ1) is 10.8. The quantitative estimate of drug-likeness (QED) is 0.283. The van der Waals surface area contributed by atoms with Crippen molar-refractivity contribution in [3.8, 4) is 0 Å². The zero-order valence-electron chi connectivity index (χ0n) is 17.8. The van der Waals surface area contributed by atoms with Gasteiger partial charge in [-0.1, -0.05) is 110 Å². The molecule has 0 saturated heterocycles. The molecule has 4 N–H and O–H groups in total. The standard InChI is InChI=1S/C20H40O2.H3N.Na.H/c1-2-3-4-5-6-7-8-9-10-11-12-13-14-15-16-17-18-19-20(21)22;;;/h2-19H2,1H3,(H,21,22);1H3;;/q;;+1;-1. The fraction of sp³-hybridized carbons (Fsp3) is 0.950. The molecule has 24 heavy (non-hydrogen) atoms. The molecule has 0 radical (unpaired) electrons. The van der Waals surface area contributed by atoms with Gasteiger partial charge in [0.05, 0.1) is 0 Å². The monoisotopic (exact) mass is 353 g/mol. The van der Waals surface area contributed by atoms with E-state index >= 15 is 0 Å². The summed E-state index contributed by atoms with van der Waals surface area (Å²) in [5.74, 6) is -0.652. The first kappa shape index (κ1) is 29.2. The maximum absolute atomic E-state index is 10.4. The van der Waals surface area contributed by atoms with Crippen LogP contribution in [0, 0.1) is 0 Å². The molecule has 0 fully saturated rings. The van der Waals surface area contributed by atoms with Crippen LogP contribution >= 0.6 is 0 Å². The molecule has 0 aromatic carbocycles. The smallest absolute Gasteiger partial charge is 1.00 e. The molecule has 0 unspecified atom stereocenters. The number of aliphatic carboxylic acids is 1. The fourth-order valence-electron chi connectivity index (χ4n) is 3.00.